The third-order valence-corrected chi connectivity index (χ3v) is 3.22. The van der Waals surface area contributed by atoms with Crippen molar-refractivity contribution in [1.29, 1.82) is 0 Å². The number of piperazine rings is 1. The summed E-state index contributed by atoms with van der Waals surface area (Å²) in [5.41, 5.74) is 1.71. The van der Waals surface area contributed by atoms with Crippen LogP contribution in [0.3, 0.4) is 0 Å². The highest BCUT2D eigenvalue weighted by molar-refractivity contribution is 5.74. The van der Waals surface area contributed by atoms with Crippen LogP contribution in [0, 0.1) is 6.92 Å². The SMILES string of the molecule is COc1cc(C)nc(CN2CCNCC2C(=O)O)c1. The van der Waals surface area contributed by atoms with Crippen LogP contribution in [-0.4, -0.2) is 53.7 Å². The first kappa shape index (κ1) is 13.8. The fourth-order valence-corrected chi connectivity index (χ4v) is 2.29. The first-order valence-electron chi connectivity index (χ1n) is 6.29. The molecule has 2 heterocycles. The summed E-state index contributed by atoms with van der Waals surface area (Å²) in [5, 5.41) is 12.3. The van der Waals surface area contributed by atoms with Crippen LogP contribution < -0.4 is 10.1 Å². The molecule has 0 amide bonds. The van der Waals surface area contributed by atoms with Gasteiger partial charge in [0.25, 0.3) is 0 Å². The Morgan fingerprint density at radius 2 is 2.42 bits per heavy atom. The standard InChI is InChI=1S/C13H19N3O3/c1-9-5-11(19-2)6-10(15-9)8-16-4-3-14-7-12(16)13(17)18/h5-6,12,14H,3-4,7-8H2,1-2H3,(H,17,18). The molecule has 1 aliphatic rings. The van der Waals surface area contributed by atoms with Gasteiger partial charge in [-0.05, 0) is 6.92 Å². The smallest absolute Gasteiger partial charge is 0.322 e. The second kappa shape index (κ2) is 5.99. The number of nitrogens with zero attached hydrogens (tertiary/aromatic N) is 2. The van der Waals surface area contributed by atoms with Crippen molar-refractivity contribution in [3.8, 4) is 5.75 Å². The molecule has 1 unspecified atom stereocenters. The van der Waals surface area contributed by atoms with E-state index in [0.29, 0.717) is 19.6 Å². The molecule has 0 spiro atoms. The number of aromatic nitrogens is 1. The summed E-state index contributed by atoms with van der Waals surface area (Å²) < 4.78 is 5.21. The third-order valence-electron chi connectivity index (χ3n) is 3.22. The van der Waals surface area contributed by atoms with E-state index in [0.717, 1.165) is 23.7 Å². The van der Waals surface area contributed by atoms with Crippen LogP contribution in [0.25, 0.3) is 0 Å². The molecular weight excluding hydrogens is 246 g/mol. The van der Waals surface area contributed by atoms with Crippen molar-refractivity contribution in [3.05, 3.63) is 23.5 Å². The van der Waals surface area contributed by atoms with Crippen LogP contribution in [-0.2, 0) is 11.3 Å². The molecule has 0 aliphatic carbocycles. The average Bonchev–Trinajstić information content (AvgIpc) is 2.38. The molecule has 2 N–H and O–H groups in total. The van der Waals surface area contributed by atoms with Gasteiger partial charge in [0.2, 0.25) is 0 Å². The van der Waals surface area contributed by atoms with E-state index in [1.807, 2.05) is 24.0 Å². The lowest BCUT2D eigenvalue weighted by Gasteiger charge is -2.33. The van der Waals surface area contributed by atoms with Crippen molar-refractivity contribution in [2.75, 3.05) is 26.7 Å². The van der Waals surface area contributed by atoms with Gasteiger partial charge < -0.3 is 15.2 Å². The lowest BCUT2D eigenvalue weighted by Crippen LogP contribution is -2.54. The lowest BCUT2D eigenvalue weighted by molar-refractivity contribution is -0.144. The summed E-state index contributed by atoms with van der Waals surface area (Å²) in [5.74, 6) is -0.0451. The largest absolute Gasteiger partial charge is 0.497 e. The predicted octanol–water partition coefficient (Wildman–Crippen LogP) is 0.257. The average molecular weight is 265 g/mol. The molecule has 6 nitrogen and oxygen atoms in total. The van der Waals surface area contributed by atoms with E-state index in [1.54, 1.807) is 7.11 Å². The van der Waals surface area contributed by atoms with Crippen molar-refractivity contribution in [1.82, 2.24) is 15.2 Å². The zero-order chi connectivity index (χ0) is 13.8. The molecule has 0 aromatic carbocycles. The number of nitrogens with one attached hydrogen (secondary N) is 1. The number of carboxylic acid groups (broad SMARTS) is 1. The fraction of sp³-hybridized carbons (Fsp3) is 0.538. The number of methoxy groups -OCH3 is 1. The first-order valence-corrected chi connectivity index (χ1v) is 6.29. The molecule has 19 heavy (non-hydrogen) atoms. The summed E-state index contributed by atoms with van der Waals surface area (Å²) in [6.07, 6.45) is 0. The molecular formula is C13H19N3O3. The molecule has 1 saturated heterocycles. The Morgan fingerprint density at radius 3 is 3.11 bits per heavy atom. The summed E-state index contributed by atoms with van der Waals surface area (Å²) in [6.45, 7) is 4.40. The zero-order valence-electron chi connectivity index (χ0n) is 11.2. The normalized spacial score (nSPS) is 20.2. The van der Waals surface area contributed by atoms with Gasteiger partial charge in [-0.1, -0.05) is 0 Å². The molecule has 1 aromatic heterocycles. The minimum atomic E-state index is -0.799. The van der Waals surface area contributed by atoms with Crippen molar-refractivity contribution >= 4 is 5.97 Å². The number of hydrogen-bond donors (Lipinski definition) is 2. The van der Waals surface area contributed by atoms with Crippen LogP contribution in [0.1, 0.15) is 11.4 Å². The zero-order valence-corrected chi connectivity index (χ0v) is 11.2. The summed E-state index contributed by atoms with van der Waals surface area (Å²) >= 11 is 0. The molecule has 0 saturated carbocycles. The Balaban J connectivity index is 2.14. The van der Waals surface area contributed by atoms with Gasteiger partial charge in [0.15, 0.2) is 0 Å². The highest BCUT2D eigenvalue weighted by Gasteiger charge is 2.28. The van der Waals surface area contributed by atoms with E-state index in [1.165, 1.54) is 0 Å². The monoisotopic (exact) mass is 265 g/mol. The van der Waals surface area contributed by atoms with E-state index in [2.05, 4.69) is 10.3 Å². The first-order chi connectivity index (χ1) is 9.10. The van der Waals surface area contributed by atoms with Crippen molar-refractivity contribution in [2.24, 2.45) is 0 Å². The van der Waals surface area contributed by atoms with Crippen LogP contribution in [0.5, 0.6) is 5.75 Å². The maximum atomic E-state index is 11.2. The molecule has 0 bridgehead atoms. The summed E-state index contributed by atoms with van der Waals surface area (Å²) in [4.78, 5) is 17.6. The topological polar surface area (TPSA) is 74.7 Å². The van der Waals surface area contributed by atoms with Crippen LogP contribution in [0.15, 0.2) is 12.1 Å². The number of carbonyl (C=O) groups is 1. The second-order valence-corrected chi connectivity index (χ2v) is 4.67. The number of rotatable bonds is 4. The molecule has 6 heteroatoms. The minimum absolute atomic E-state index is 0.471. The quantitative estimate of drug-likeness (QED) is 0.813. The number of ether oxygens (including phenoxy) is 1. The van der Waals surface area contributed by atoms with Crippen LogP contribution in [0.2, 0.25) is 0 Å². The number of carboxylic acids is 1. The van der Waals surface area contributed by atoms with Gasteiger partial charge >= 0.3 is 5.97 Å². The van der Waals surface area contributed by atoms with E-state index in [9.17, 15) is 9.90 Å². The molecule has 2 rings (SSSR count). The summed E-state index contributed by atoms with van der Waals surface area (Å²) in [7, 11) is 1.61. The van der Waals surface area contributed by atoms with Gasteiger partial charge in [-0.3, -0.25) is 14.7 Å². The van der Waals surface area contributed by atoms with E-state index >= 15 is 0 Å². The van der Waals surface area contributed by atoms with Gasteiger partial charge in [0.1, 0.15) is 11.8 Å². The number of aryl methyl sites for hydroxylation is 1. The minimum Gasteiger partial charge on any atom is -0.497 e. The Morgan fingerprint density at radius 1 is 1.63 bits per heavy atom. The summed E-state index contributed by atoms with van der Waals surface area (Å²) in [6, 6.07) is 3.21. The van der Waals surface area contributed by atoms with Crippen molar-refractivity contribution in [3.63, 3.8) is 0 Å². The van der Waals surface area contributed by atoms with Crippen LogP contribution in [0.4, 0.5) is 0 Å². The Labute approximate surface area is 112 Å². The molecule has 0 radical (unpaired) electrons. The molecule has 1 aliphatic heterocycles. The Kier molecular flexibility index (Phi) is 4.34. The predicted molar refractivity (Wildman–Crippen MR) is 70.2 cm³/mol. The number of aliphatic carboxylic acids is 1. The highest BCUT2D eigenvalue weighted by Crippen LogP contribution is 2.16. The molecule has 1 fully saturated rings. The van der Waals surface area contributed by atoms with Gasteiger partial charge in [-0.2, -0.15) is 0 Å². The number of hydrogen-bond acceptors (Lipinski definition) is 5. The van der Waals surface area contributed by atoms with Crippen LogP contribution >= 0.6 is 0 Å². The molecule has 104 valence electrons. The lowest BCUT2D eigenvalue weighted by atomic mass is 10.1. The van der Waals surface area contributed by atoms with Gasteiger partial charge in [0, 0.05) is 44.0 Å². The highest BCUT2D eigenvalue weighted by atomic mass is 16.5. The van der Waals surface area contributed by atoms with Gasteiger partial charge in [-0.15, -0.1) is 0 Å². The van der Waals surface area contributed by atoms with E-state index < -0.39 is 12.0 Å². The van der Waals surface area contributed by atoms with E-state index in [-0.39, 0.29) is 0 Å². The molecule has 1 atom stereocenters. The Bertz CT molecular complexity index is 464. The van der Waals surface area contributed by atoms with Crippen molar-refractivity contribution in [2.45, 2.75) is 19.5 Å². The van der Waals surface area contributed by atoms with Gasteiger partial charge in [0.05, 0.1) is 12.8 Å². The van der Waals surface area contributed by atoms with Gasteiger partial charge in [-0.25, -0.2) is 0 Å². The molecule has 1 aromatic rings. The second-order valence-electron chi connectivity index (χ2n) is 4.67. The maximum absolute atomic E-state index is 11.2. The fourth-order valence-electron chi connectivity index (χ4n) is 2.29. The van der Waals surface area contributed by atoms with E-state index in [4.69, 9.17) is 4.74 Å². The maximum Gasteiger partial charge on any atom is 0.322 e. The van der Waals surface area contributed by atoms with Crippen molar-refractivity contribution < 1.29 is 14.6 Å². The third kappa shape index (κ3) is 3.42. The number of pyridine rings is 1. The Hall–Kier alpha value is -1.66.